The molecule has 30 heavy (non-hydrogen) atoms. The van der Waals surface area contributed by atoms with Gasteiger partial charge in [0.05, 0.1) is 18.8 Å². The predicted octanol–water partition coefficient (Wildman–Crippen LogP) is 4.14. The summed E-state index contributed by atoms with van der Waals surface area (Å²) in [5, 5.41) is 21.5. The third kappa shape index (κ3) is 5.44. The highest BCUT2D eigenvalue weighted by atomic mass is 16.5. The van der Waals surface area contributed by atoms with E-state index in [0.717, 1.165) is 18.9 Å². The van der Waals surface area contributed by atoms with Crippen molar-refractivity contribution in [2.24, 2.45) is 0 Å². The second-order valence-corrected chi connectivity index (χ2v) is 6.86. The van der Waals surface area contributed by atoms with Gasteiger partial charge in [0.25, 0.3) is 0 Å². The number of likely N-dealkylation sites (tertiary alicyclic amines) is 1. The number of ether oxygens (including phenoxy) is 2. The highest BCUT2D eigenvalue weighted by molar-refractivity contribution is 5.85. The minimum Gasteiger partial charge on any atom is -0.497 e. The van der Waals surface area contributed by atoms with Crippen molar-refractivity contribution in [3.8, 4) is 17.2 Å². The van der Waals surface area contributed by atoms with Crippen LogP contribution in [0.25, 0.3) is 6.08 Å². The Morgan fingerprint density at radius 1 is 1.17 bits per heavy atom. The maximum atomic E-state index is 11.4. The standard InChI is InChI=1S/C22H24N2O6/c1-29-17-6-8-18(9-7-17)30-20-13-15(5-11-21(25)26)4-10-19(20)23-14-16-3-2-12-24(16)22(27)28/h4-11,13,16,23H,2-3,12,14H2,1H3,(H,25,26)(H,27,28)/b11-5+/t16-/m0/s1. The number of carboxylic acids is 1. The SMILES string of the molecule is COc1ccc(Oc2cc(/C=C/C(=O)O)ccc2NC[C@@H]2CCCN2C(=O)O)cc1. The van der Waals surface area contributed by atoms with Crippen LogP contribution in [0.5, 0.6) is 17.2 Å². The molecular formula is C22H24N2O6. The summed E-state index contributed by atoms with van der Waals surface area (Å²) in [5.41, 5.74) is 1.36. The first-order chi connectivity index (χ1) is 14.5. The average Bonchev–Trinajstić information content (AvgIpc) is 3.21. The molecule has 1 aliphatic rings. The number of hydrogen-bond acceptors (Lipinski definition) is 5. The van der Waals surface area contributed by atoms with Crippen LogP contribution >= 0.6 is 0 Å². The van der Waals surface area contributed by atoms with E-state index < -0.39 is 12.1 Å². The van der Waals surface area contributed by atoms with Crippen LogP contribution in [0.2, 0.25) is 0 Å². The highest BCUT2D eigenvalue weighted by Crippen LogP contribution is 2.32. The Labute approximate surface area is 174 Å². The van der Waals surface area contributed by atoms with Crippen LogP contribution in [0.3, 0.4) is 0 Å². The summed E-state index contributed by atoms with van der Waals surface area (Å²) in [6.07, 6.45) is 3.27. The van der Waals surface area contributed by atoms with E-state index in [9.17, 15) is 14.7 Å². The third-order valence-corrected chi connectivity index (χ3v) is 4.86. The number of benzene rings is 2. The average molecular weight is 412 g/mol. The lowest BCUT2D eigenvalue weighted by Crippen LogP contribution is -2.38. The topological polar surface area (TPSA) is 108 Å². The maximum absolute atomic E-state index is 11.4. The summed E-state index contributed by atoms with van der Waals surface area (Å²) in [6, 6.07) is 12.3. The summed E-state index contributed by atoms with van der Waals surface area (Å²) in [7, 11) is 1.58. The van der Waals surface area contributed by atoms with Crippen LogP contribution in [-0.4, -0.2) is 53.4 Å². The molecule has 8 heteroatoms. The van der Waals surface area contributed by atoms with Crippen LogP contribution in [0.15, 0.2) is 48.5 Å². The van der Waals surface area contributed by atoms with E-state index in [1.54, 1.807) is 49.6 Å². The quantitative estimate of drug-likeness (QED) is 0.559. The molecule has 0 spiro atoms. The fourth-order valence-electron chi connectivity index (χ4n) is 3.34. The smallest absolute Gasteiger partial charge is 0.407 e. The number of methoxy groups -OCH3 is 1. The molecule has 0 radical (unpaired) electrons. The van der Waals surface area contributed by atoms with Gasteiger partial charge in [-0.15, -0.1) is 0 Å². The van der Waals surface area contributed by atoms with Gasteiger partial charge in [0.15, 0.2) is 5.75 Å². The molecule has 0 unspecified atom stereocenters. The van der Waals surface area contributed by atoms with Gasteiger partial charge in [0.1, 0.15) is 11.5 Å². The van der Waals surface area contributed by atoms with E-state index in [1.165, 1.54) is 11.0 Å². The van der Waals surface area contributed by atoms with Gasteiger partial charge in [-0.25, -0.2) is 9.59 Å². The molecular weight excluding hydrogens is 388 g/mol. The maximum Gasteiger partial charge on any atom is 0.407 e. The Balaban J connectivity index is 1.81. The number of amides is 1. The van der Waals surface area contributed by atoms with Gasteiger partial charge in [-0.3, -0.25) is 0 Å². The molecule has 1 atom stereocenters. The number of hydrogen-bond donors (Lipinski definition) is 3. The molecule has 0 aliphatic carbocycles. The zero-order valence-corrected chi connectivity index (χ0v) is 16.6. The fraction of sp³-hybridized carbons (Fsp3) is 0.273. The minimum atomic E-state index is -1.04. The summed E-state index contributed by atoms with van der Waals surface area (Å²) >= 11 is 0. The van der Waals surface area contributed by atoms with Gasteiger partial charge < -0.3 is 29.9 Å². The van der Waals surface area contributed by atoms with Crippen molar-refractivity contribution in [2.75, 3.05) is 25.5 Å². The number of nitrogens with one attached hydrogen (secondary N) is 1. The molecule has 158 valence electrons. The second-order valence-electron chi connectivity index (χ2n) is 6.86. The lowest BCUT2D eigenvalue weighted by molar-refractivity contribution is -0.131. The minimum absolute atomic E-state index is 0.108. The molecule has 1 fully saturated rings. The van der Waals surface area contributed by atoms with Crippen LogP contribution in [-0.2, 0) is 4.79 Å². The van der Waals surface area contributed by atoms with Crippen LogP contribution < -0.4 is 14.8 Å². The van der Waals surface area contributed by atoms with Crippen molar-refractivity contribution in [3.05, 3.63) is 54.1 Å². The molecule has 1 heterocycles. The number of rotatable bonds is 8. The molecule has 1 aliphatic heterocycles. The second kappa shape index (κ2) is 9.69. The lowest BCUT2D eigenvalue weighted by Gasteiger charge is -2.23. The van der Waals surface area contributed by atoms with Crippen molar-refractivity contribution in [1.82, 2.24) is 4.90 Å². The van der Waals surface area contributed by atoms with Gasteiger partial charge >= 0.3 is 12.1 Å². The Morgan fingerprint density at radius 3 is 2.57 bits per heavy atom. The molecule has 1 saturated heterocycles. The van der Waals surface area contributed by atoms with Gasteiger partial charge in [0.2, 0.25) is 0 Å². The van der Waals surface area contributed by atoms with Crippen molar-refractivity contribution in [1.29, 1.82) is 0 Å². The number of nitrogens with zero attached hydrogens (tertiary/aromatic N) is 1. The summed E-state index contributed by atoms with van der Waals surface area (Å²) in [4.78, 5) is 23.6. The molecule has 0 saturated carbocycles. The first-order valence-corrected chi connectivity index (χ1v) is 9.56. The van der Waals surface area contributed by atoms with Gasteiger partial charge in [-0.2, -0.15) is 0 Å². The van der Waals surface area contributed by atoms with Crippen molar-refractivity contribution in [2.45, 2.75) is 18.9 Å². The Morgan fingerprint density at radius 2 is 1.90 bits per heavy atom. The molecule has 1 amide bonds. The zero-order chi connectivity index (χ0) is 21.5. The van der Waals surface area contributed by atoms with E-state index in [1.807, 2.05) is 0 Å². The summed E-state index contributed by atoms with van der Waals surface area (Å²) in [6.45, 7) is 0.991. The van der Waals surface area contributed by atoms with Crippen LogP contribution in [0.4, 0.5) is 10.5 Å². The number of aliphatic carboxylic acids is 1. The fourth-order valence-corrected chi connectivity index (χ4v) is 3.34. The van der Waals surface area contributed by atoms with Gasteiger partial charge in [0, 0.05) is 19.2 Å². The van der Waals surface area contributed by atoms with Gasteiger partial charge in [-0.05, 0) is 60.9 Å². The van der Waals surface area contributed by atoms with Crippen LogP contribution in [0, 0.1) is 0 Å². The van der Waals surface area contributed by atoms with E-state index >= 15 is 0 Å². The van der Waals surface area contributed by atoms with E-state index in [0.29, 0.717) is 41.6 Å². The number of anilines is 1. The summed E-state index contributed by atoms with van der Waals surface area (Å²) < 4.78 is 11.2. The predicted molar refractivity (Wildman–Crippen MR) is 112 cm³/mol. The van der Waals surface area contributed by atoms with Crippen molar-refractivity contribution < 1.29 is 29.3 Å². The van der Waals surface area contributed by atoms with Crippen molar-refractivity contribution in [3.63, 3.8) is 0 Å². The Hall–Kier alpha value is -3.68. The van der Waals surface area contributed by atoms with E-state index in [-0.39, 0.29) is 6.04 Å². The first kappa shape index (κ1) is 21.0. The molecule has 2 aromatic rings. The molecule has 3 rings (SSSR count). The monoisotopic (exact) mass is 412 g/mol. The zero-order valence-electron chi connectivity index (χ0n) is 16.6. The molecule has 3 N–H and O–H groups in total. The molecule has 2 aromatic carbocycles. The van der Waals surface area contributed by atoms with E-state index in [2.05, 4.69) is 5.32 Å². The summed E-state index contributed by atoms with van der Waals surface area (Å²) in [5.74, 6) is 0.762. The molecule has 0 bridgehead atoms. The Bertz CT molecular complexity index is 926. The van der Waals surface area contributed by atoms with Crippen LogP contribution in [0.1, 0.15) is 18.4 Å². The highest BCUT2D eigenvalue weighted by Gasteiger charge is 2.28. The van der Waals surface area contributed by atoms with E-state index in [4.69, 9.17) is 14.6 Å². The largest absolute Gasteiger partial charge is 0.497 e. The normalized spacial score (nSPS) is 15.9. The molecule has 8 nitrogen and oxygen atoms in total. The first-order valence-electron chi connectivity index (χ1n) is 9.56. The number of carboxylic acid groups (broad SMARTS) is 2. The Kier molecular flexibility index (Phi) is 6.79. The molecule has 0 aromatic heterocycles. The third-order valence-electron chi connectivity index (χ3n) is 4.86. The lowest BCUT2D eigenvalue weighted by atomic mass is 10.1. The van der Waals surface area contributed by atoms with Crippen molar-refractivity contribution >= 4 is 23.8 Å². The van der Waals surface area contributed by atoms with Gasteiger partial charge in [-0.1, -0.05) is 6.07 Å². The number of carbonyl (C=O) groups is 2.